The van der Waals surface area contributed by atoms with E-state index in [1.54, 1.807) is 0 Å². The number of carboxylic acid groups (broad SMARTS) is 1. The molecule has 0 aliphatic carbocycles. The summed E-state index contributed by atoms with van der Waals surface area (Å²) in [5.74, 6) is -1.24. The van der Waals surface area contributed by atoms with Gasteiger partial charge in [0.2, 0.25) is 5.91 Å². The number of nitrogens with two attached hydrogens (primary N) is 1. The van der Waals surface area contributed by atoms with Gasteiger partial charge in [0.1, 0.15) is 0 Å². The van der Waals surface area contributed by atoms with E-state index < -0.39 is 12.0 Å². The fourth-order valence-electron chi connectivity index (χ4n) is 1.52. The van der Waals surface area contributed by atoms with E-state index in [1.165, 1.54) is 0 Å². The summed E-state index contributed by atoms with van der Waals surface area (Å²) < 4.78 is 0. The minimum absolute atomic E-state index is 0.0900. The maximum Gasteiger partial charge on any atom is 0.303 e. The molecule has 0 aliphatic heterocycles. The molecule has 1 aromatic carbocycles. The lowest BCUT2D eigenvalue weighted by atomic mass is 10.1. The van der Waals surface area contributed by atoms with Gasteiger partial charge in [-0.05, 0) is 18.4 Å². The Labute approximate surface area is 106 Å². The first-order chi connectivity index (χ1) is 8.59. The molecule has 1 amide bonds. The molecule has 0 heterocycles. The van der Waals surface area contributed by atoms with E-state index in [1.807, 2.05) is 30.3 Å². The second-order valence-corrected chi connectivity index (χ2v) is 4.07. The molecular weight excluding hydrogens is 232 g/mol. The summed E-state index contributed by atoms with van der Waals surface area (Å²) in [5.41, 5.74) is 6.71. The molecule has 1 rings (SSSR count). The highest BCUT2D eigenvalue weighted by molar-refractivity contribution is 5.82. The molecule has 0 spiro atoms. The molecule has 0 aromatic heterocycles. The lowest BCUT2D eigenvalue weighted by Gasteiger charge is -2.11. The van der Waals surface area contributed by atoms with Crippen molar-refractivity contribution in [2.45, 2.75) is 25.3 Å². The molecule has 0 bridgehead atoms. The molecular formula is C13H18N2O3. The molecule has 0 saturated heterocycles. The van der Waals surface area contributed by atoms with E-state index in [0.717, 1.165) is 12.0 Å². The molecule has 5 heteroatoms. The highest BCUT2D eigenvalue weighted by Gasteiger charge is 2.13. The van der Waals surface area contributed by atoms with Crippen LogP contribution in [0.5, 0.6) is 0 Å². The predicted molar refractivity (Wildman–Crippen MR) is 68.0 cm³/mol. The number of nitrogens with one attached hydrogen (secondary N) is 1. The van der Waals surface area contributed by atoms with Crippen molar-refractivity contribution in [1.82, 2.24) is 5.32 Å². The Hall–Kier alpha value is -1.88. The zero-order chi connectivity index (χ0) is 13.4. The minimum atomic E-state index is -0.942. The number of rotatable bonds is 7. The maximum atomic E-state index is 11.5. The summed E-state index contributed by atoms with van der Waals surface area (Å²) in [6.45, 7) is 0.504. The minimum Gasteiger partial charge on any atom is -0.481 e. The highest BCUT2D eigenvalue weighted by Crippen LogP contribution is 1.99. The van der Waals surface area contributed by atoms with Crippen molar-refractivity contribution >= 4 is 11.9 Å². The monoisotopic (exact) mass is 250 g/mol. The van der Waals surface area contributed by atoms with E-state index >= 15 is 0 Å². The number of hydrogen-bond acceptors (Lipinski definition) is 3. The van der Waals surface area contributed by atoms with Gasteiger partial charge in [-0.15, -0.1) is 0 Å². The van der Waals surface area contributed by atoms with Crippen LogP contribution < -0.4 is 11.1 Å². The van der Waals surface area contributed by atoms with Crippen molar-refractivity contribution in [3.05, 3.63) is 35.9 Å². The Morgan fingerprint density at radius 3 is 2.56 bits per heavy atom. The van der Waals surface area contributed by atoms with Gasteiger partial charge in [-0.3, -0.25) is 9.59 Å². The molecule has 4 N–H and O–H groups in total. The smallest absolute Gasteiger partial charge is 0.303 e. The Balaban J connectivity index is 2.22. The number of amides is 1. The van der Waals surface area contributed by atoms with Crippen molar-refractivity contribution in [3.63, 3.8) is 0 Å². The summed E-state index contributed by atoms with van der Waals surface area (Å²) in [6, 6.07) is 9.03. The van der Waals surface area contributed by atoms with Crippen molar-refractivity contribution < 1.29 is 14.7 Å². The molecule has 0 aliphatic rings. The third-order valence-electron chi connectivity index (χ3n) is 2.56. The van der Waals surface area contributed by atoms with Crippen LogP contribution in [0.15, 0.2) is 30.3 Å². The first-order valence-corrected chi connectivity index (χ1v) is 5.88. The first-order valence-electron chi connectivity index (χ1n) is 5.88. The number of benzene rings is 1. The zero-order valence-electron chi connectivity index (χ0n) is 10.1. The van der Waals surface area contributed by atoms with Crippen molar-refractivity contribution in [2.24, 2.45) is 5.73 Å². The Kier molecular flexibility index (Phi) is 5.87. The van der Waals surface area contributed by atoms with Gasteiger partial charge in [0, 0.05) is 13.0 Å². The van der Waals surface area contributed by atoms with Gasteiger partial charge < -0.3 is 16.2 Å². The molecule has 5 nitrogen and oxygen atoms in total. The number of carbonyl (C=O) groups is 2. The van der Waals surface area contributed by atoms with Crippen LogP contribution in [-0.4, -0.2) is 29.6 Å². The molecule has 18 heavy (non-hydrogen) atoms. The van der Waals surface area contributed by atoms with E-state index in [9.17, 15) is 9.59 Å². The number of carbonyl (C=O) groups excluding carboxylic acids is 1. The second-order valence-electron chi connectivity index (χ2n) is 4.07. The van der Waals surface area contributed by atoms with Gasteiger partial charge in [0.05, 0.1) is 6.04 Å². The summed E-state index contributed by atoms with van der Waals surface area (Å²) in [6.07, 6.45) is 0.804. The van der Waals surface area contributed by atoms with Crippen LogP contribution >= 0.6 is 0 Å². The third-order valence-corrected chi connectivity index (χ3v) is 2.56. The van der Waals surface area contributed by atoms with Crippen LogP contribution in [0.3, 0.4) is 0 Å². The van der Waals surface area contributed by atoms with Crippen molar-refractivity contribution in [2.75, 3.05) is 6.54 Å². The predicted octanol–water partition coefficient (Wildman–Crippen LogP) is 0.537. The lowest BCUT2D eigenvalue weighted by molar-refractivity contribution is -0.137. The molecule has 0 radical (unpaired) electrons. The average molecular weight is 250 g/mol. The summed E-state index contributed by atoms with van der Waals surface area (Å²) in [7, 11) is 0. The Bertz CT molecular complexity index is 392. The van der Waals surface area contributed by atoms with E-state index in [4.69, 9.17) is 10.8 Å². The molecule has 0 saturated carbocycles. The number of carboxylic acids is 1. The van der Waals surface area contributed by atoms with Crippen LogP contribution in [0.2, 0.25) is 0 Å². The third kappa shape index (κ3) is 5.45. The molecule has 1 atom stereocenters. The zero-order valence-corrected chi connectivity index (χ0v) is 10.1. The fraction of sp³-hybridized carbons (Fsp3) is 0.385. The first kappa shape index (κ1) is 14.2. The van der Waals surface area contributed by atoms with Crippen LogP contribution in [0, 0.1) is 0 Å². The quantitative estimate of drug-likeness (QED) is 0.658. The van der Waals surface area contributed by atoms with E-state index in [2.05, 4.69) is 5.32 Å². The van der Waals surface area contributed by atoms with Gasteiger partial charge in [0.25, 0.3) is 0 Å². The Morgan fingerprint density at radius 2 is 1.94 bits per heavy atom. The highest BCUT2D eigenvalue weighted by atomic mass is 16.4. The fourth-order valence-corrected chi connectivity index (χ4v) is 1.52. The van der Waals surface area contributed by atoms with Gasteiger partial charge in [-0.1, -0.05) is 30.3 Å². The normalized spacial score (nSPS) is 11.8. The number of hydrogen-bond donors (Lipinski definition) is 3. The van der Waals surface area contributed by atoms with E-state index in [-0.39, 0.29) is 18.7 Å². The number of aliphatic carboxylic acids is 1. The topological polar surface area (TPSA) is 92.4 Å². The van der Waals surface area contributed by atoms with Crippen LogP contribution in [0.4, 0.5) is 0 Å². The standard InChI is InChI=1S/C13H18N2O3/c14-11(6-7-12(16)17)13(18)15-9-8-10-4-2-1-3-5-10/h1-5,11H,6-9,14H2,(H,15,18)(H,16,17). The summed E-state index contributed by atoms with van der Waals surface area (Å²) in [5, 5.41) is 11.2. The van der Waals surface area contributed by atoms with E-state index in [0.29, 0.717) is 6.54 Å². The van der Waals surface area contributed by atoms with Gasteiger partial charge in [0.15, 0.2) is 0 Å². The van der Waals surface area contributed by atoms with Crippen LogP contribution in [0.25, 0.3) is 0 Å². The largest absolute Gasteiger partial charge is 0.481 e. The Morgan fingerprint density at radius 1 is 1.28 bits per heavy atom. The maximum absolute atomic E-state index is 11.5. The molecule has 98 valence electrons. The van der Waals surface area contributed by atoms with Crippen LogP contribution in [-0.2, 0) is 16.0 Å². The lowest BCUT2D eigenvalue weighted by Crippen LogP contribution is -2.41. The van der Waals surface area contributed by atoms with Crippen LogP contribution in [0.1, 0.15) is 18.4 Å². The van der Waals surface area contributed by atoms with Gasteiger partial charge >= 0.3 is 5.97 Å². The molecule has 1 aromatic rings. The average Bonchev–Trinajstić information content (AvgIpc) is 2.37. The van der Waals surface area contributed by atoms with Crippen molar-refractivity contribution in [1.29, 1.82) is 0 Å². The van der Waals surface area contributed by atoms with Crippen molar-refractivity contribution in [3.8, 4) is 0 Å². The molecule has 0 fully saturated rings. The summed E-state index contributed by atoms with van der Waals surface area (Å²) >= 11 is 0. The summed E-state index contributed by atoms with van der Waals surface area (Å²) in [4.78, 5) is 21.9. The second kappa shape index (κ2) is 7.45. The molecule has 1 unspecified atom stereocenters. The van der Waals surface area contributed by atoms with Gasteiger partial charge in [-0.25, -0.2) is 0 Å². The van der Waals surface area contributed by atoms with Gasteiger partial charge in [-0.2, -0.15) is 0 Å². The SMILES string of the molecule is NC(CCC(=O)O)C(=O)NCCc1ccccc1.